The van der Waals surface area contributed by atoms with Crippen molar-refractivity contribution >= 4 is 17.8 Å². The van der Waals surface area contributed by atoms with Crippen LogP contribution in [-0.2, 0) is 0 Å². The number of carbonyl (C=O) groups excluding carboxylic acids is 1. The average Bonchev–Trinajstić information content (AvgIpc) is 2.74. The van der Waals surface area contributed by atoms with E-state index >= 15 is 0 Å². The molecule has 172 valence electrons. The molecular weight excluding hydrogens is 404 g/mol. The zero-order valence-electron chi connectivity index (χ0n) is 19.7. The van der Waals surface area contributed by atoms with Gasteiger partial charge in [-0.25, -0.2) is 4.79 Å². The molecule has 0 saturated carbocycles. The number of aryl methyl sites for hydroxylation is 1. The lowest BCUT2D eigenvalue weighted by atomic mass is 9.97. The molecule has 0 unspecified atom stereocenters. The summed E-state index contributed by atoms with van der Waals surface area (Å²) in [5.74, 6) is -0.120. The summed E-state index contributed by atoms with van der Waals surface area (Å²) in [7, 11) is 0. The predicted molar refractivity (Wildman–Crippen MR) is 128 cm³/mol. The van der Waals surface area contributed by atoms with Crippen LogP contribution >= 0.6 is 0 Å². The lowest BCUT2D eigenvalue weighted by Gasteiger charge is -2.18. The molecule has 1 N–H and O–H groups in total. The molecule has 0 radical (unpaired) electrons. The maximum atomic E-state index is 13.0. The third-order valence-corrected chi connectivity index (χ3v) is 5.13. The lowest BCUT2D eigenvalue weighted by molar-refractivity contribution is 0.0694. The van der Waals surface area contributed by atoms with Crippen LogP contribution in [0.25, 0.3) is 6.08 Å². The second-order valence-electron chi connectivity index (χ2n) is 8.19. The Bertz CT molecular complexity index is 972. The zero-order chi connectivity index (χ0) is 23.7. The maximum absolute atomic E-state index is 13.0. The van der Waals surface area contributed by atoms with Gasteiger partial charge in [-0.1, -0.05) is 38.3 Å². The van der Waals surface area contributed by atoms with E-state index in [2.05, 4.69) is 6.92 Å². The average molecular weight is 439 g/mol. The highest BCUT2D eigenvalue weighted by Gasteiger charge is 2.19. The topological polar surface area (TPSA) is 72.8 Å². The second-order valence-corrected chi connectivity index (χ2v) is 8.19. The molecule has 0 bridgehead atoms. The fourth-order valence-corrected chi connectivity index (χ4v) is 3.60. The zero-order valence-corrected chi connectivity index (χ0v) is 19.7. The molecule has 5 heteroatoms. The molecule has 0 fully saturated rings. The molecule has 0 spiro atoms. The van der Waals surface area contributed by atoms with E-state index in [1.54, 1.807) is 32.1 Å². The Morgan fingerprint density at radius 3 is 2.47 bits per heavy atom. The number of carboxylic acids is 1. The molecule has 2 aromatic rings. The first-order chi connectivity index (χ1) is 15.3. The quantitative estimate of drug-likeness (QED) is 0.228. The van der Waals surface area contributed by atoms with Gasteiger partial charge in [0, 0.05) is 11.1 Å². The molecule has 0 aliphatic heterocycles. The molecule has 0 heterocycles. The summed E-state index contributed by atoms with van der Waals surface area (Å²) in [6.07, 6.45) is 7.43. The molecule has 0 saturated heterocycles. The van der Waals surface area contributed by atoms with Crippen LogP contribution in [0.15, 0.2) is 36.4 Å². The summed E-state index contributed by atoms with van der Waals surface area (Å²) >= 11 is 0. The molecule has 0 aliphatic carbocycles. The third-order valence-electron chi connectivity index (χ3n) is 5.13. The van der Waals surface area contributed by atoms with Crippen molar-refractivity contribution < 1.29 is 24.2 Å². The molecule has 0 amide bonds. The van der Waals surface area contributed by atoms with Gasteiger partial charge in [0.1, 0.15) is 11.5 Å². The van der Waals surface area contributed by atoms with E-state index in [9.17, 15) is 14.7 Å². The second kappa shape index (κ2) is 12.1. The number of aromatic carboxylic acids is 1. The number of carbonyl (C=O) groups is 2. The van der Waals surface area contributed by atoms with E-state index in [1.165, 1.54) is 12.5 Å². The smallest absolute Gasteiger partial charge is 0.336 e. The van der Waals surface area contributed by atoms with Crippen LogP contribution in [0.1, 0.15) is 83.9 Å². The van der Waals surface area contributed by atoms with Crippen molar-refractivity contribution in [3.8, 4) is 11.5 Å². The Kier molecular flexibility index (Phi) is 9.51. The Morgan fingerprint density at radius 1 is 1.09 bits per heavy atom. The molecule has 2 rings (SSSR count). The highest BCUT2D eigenvalue weighted by atomic mass is 16.5. The van der Waals surface area contributed by atoms with E-state index in [0.29, 0.717) is 40.4 Å². The van der Waals surface area contributed by atoms with Gasteiger partial charge in [0.15, 0.2) is 5.78 Å². The molecule has 32 heavy (non-hydrogen) atoms. The number of hydrogen-bond donors (Lipinski definition) is 1. The van der Waals surface area contributed by atoms with Gasteiger partial charge in [0.05, 0.1) is 23.8 Å². The Morgan fingerprint density at radius 2 is 1.81 bits per heavy atom. The number of unbranched alkanes of at least 4 members (excludes halogenated alkanes) is 3. The van der Waals surface area contributed by atoms with Crippen LogP contribution < -0.4 is 9.47 Å². The van der Waals surface area contributed by atoms with Crippen molar-refractivity contribution in [1.82, 2.24) is 0 Å². The van der Waals surface area contributed by atoms with Gasteiger partial charge >= 0.3 is 5.97 Å². The van der Waals surface area contributed by atoms with Gasteiger partial charge in [-0.3, -0.25) is 4.79 Å². The predicted octanol–water partition coefficient (Wildman–Crippen LogP) is 6.64. The number of rotatable bonds is 12. The van der Waals surface area contributed by atoms with Crippen molar-refractivity contribution in [3.63, 3.8) is 0 Å². The molecule has 2 aromatic carbocycles. The summed E-state index contributed by atoms with van der Waals surface area (Å²) < 4.78 is 11.8. The minimum absolute atomic E-state index is 0.136. The highest BCUT2D eigenvalue weighted by molar-refractivity contribution is 6.08. The van der Waals surface area contributed by atoms with Gasteiger partial charge in [0.25, 0.3) is 0 Å². The molecule has 0 aromatic heterocycles. The number of hydrogen-bond acceptors (Lipinski definition) is 4. The van der Waals surface area contributed by atoms with Crippen LogP contribution in [0.2, 0.25) is 0 Å². The third kappa shape index (κ3) is 6.71. The van der Waals surface area contributed by atoms with Crippen molar-refractivity contribution in [2.24, 2.45) is 0 Å². The minimum Gasteiger partial charge on any atom is -0.493 e. The summed E-state index contributed by atoms with van der Waals surface area (Å²) in [5, 5.41) is 9.57. The standard InChI is InChI=1S/C27H34O5/c1-6-7-8-11-16-31-24-13-10-9-12-22(24)23(28)15-14-21-17-19(4)25(27(29)30)20(5)26(21)32-18(2)3/h9-10,12-15,17-18H,6-8,11,16H2,1-5H3,(H,29,30)/b15-14+. The highest BCUT2D eigenvalue weighted by Crippen LogP contribution is 2.32. The van der Waals surface area contributed by atoms with E-state index in [1.807, 2.05) is 32.0 Å². The van der Waals surface area contributed by atoms with E-state index in [0.717, 1.165) is 19.3 Å². The molecule has 5 nitrogen and oxygen atoms in total. The van der Waals surface area contributed by atoms with Crippen molar-refractivity contribution in [1.29, 1.82) is 0 Å². The van der Waals surface area contributed by atoms with Gasteiger partial charge in [-0.15, -0.1) is 0 Å². The van der Waals surface area contributed by atoms with Gasteiger partial charge in [-0.05, 0) is 70.0 Å². The normalized spacial score (nSPS) is 11.2. The van der Waals surface area contributed by atoms with Crippen molar-refractivity contribution in [2.45, 2.75) is 66.4 Å². The Balaban J connectivity index is 2.30. The number of carboxylic acid groups (broad SMARTS) is 1. The van der Waals surface area contributed by atoms with Crippen molar-refractivity contribution in [3.05, 3.63) is 64.2 Å². The fourth-order valence-electron chi connectivity index (χ4n) is 3.60. The minimum atomic E-state index is -0.995. The number of ether oxygens (including phenoxy) is 2. The molecule has 0 aliphatic rings. The van der Waals surface area contributed by atoms with Gasteiger partial charge < -0.3 is 14.6 Å². The first kappa shape index (κ1) is 25.2. The van der Waals surface area contributed by atoms with Crippen LogP contribution in [-0.4, -0.2) is 29.6 Å². The largest absolute Gasteiger partial charge is 0.493 e. The number of allylic oxidation sites excluding steroid dienone is 1. The molecular formula is C27H34O5. The van der Waals surface area contributed by atoms with Gasteiger partial charge in [-0.2, -0.15) is 0 Å². The number of ketones is 1. The van der Waals surface area contributed by atoms with Crippen LogP contribution in [0, 0.1) is 13.8 Å². The number of para-hydroxylation sites is 1. The van der Waals surface area contributed by atoms with Crippen LogP contribution in [0.4, 0.5) is 0 Å². The van der Waals surface area contributed by atoms with E-state index < -0.39 is 5.97 Å². The SMILES string of the molecule is CCCCCCOc1ccccc1C(=O)/C=C/c1cc(C)c(C(=O)O)c(C)c1OC(C)C. The fraction of sp³-hybridized carbons (Fsp3) is 0.407. The Labute approximate surface area is 191 Å². The Hall–Kier alpha value is -3.08. The summed E-state index contributed by atoms with van der Waals surface area (Å²) in [6.45, 7) is 9.98. The van der Waals surface area contributed by atoms with Crippen LogP contribution in [0.3, 0.4) is 0 Å². The summed E-state index contributed by atoms with van der Waals surface area (Å²) in [5.41, 5.74) is 2.57. The van der Waals surface area contributed by atoms with Crippen molar-refractivity contribution in [2.75, 3.05) is 6.61 Å². The summed E-state index contributed by atoms with van der Waals surface area (Å²) in [6, 6.07) is 8.98. The lowest BCUT2D eigenvalue weighted by Crippen LogP contribution is -2.12. The van der Waals surface area contributed by atoms with E-state index in [-0.39, 0.29) is 17.5 Å². The maximum Gasteiger partial charge on any atom is 0.336 e. The number of benzene rings is 2. The van der Waals surface area contributed by atoms with Gasteiger partial charge in [0.2, 0.25) is 0 Å². The molecule has 0 atom stereocenters. The van der Waals surface area contributed by atoms with E-state index in [4.69, 9.17) is 9.47 Å². The first-order valence-electron chi connectivity index (χ1n) is 11.2. The summed E-state index contributed by atoms with van der Waals surface area (Å²) in [4.78, 5) is 24.6. The first-order valence-corrected chi connectivity index (χ1v) is 11.2. The monoisotopic (exact) mass is 438 g/mol. The van der Waals surface area contributed by atoms with Crippen LogP contribution in [0.5, 0.6) is 11.5 Å².